The third kappa shape index (κ3) is 11.2. The minimum absolute atomic E-state index is 0.520. The average Bonchev–Trinajstić information content (AvgIpc) is 4.12. The van der Waals surface area contributed by atoms with Crippen molar-refractivity contribution < 1.29 is 9.47 Å². The molecule has 7 aromatic rings. The smallest absolute Gasteiger partial charge is 0.146 e. The molecular weight excluding hydrogens is 829 g/mol. The lowest BCUT2D eigenvalue weighted by atomic mass is 9.99. The van der Waals surface area contributed by atoms with Gasteiger partial charge in [-0.3, -0.25) is 0 Å². The largest absolute Gasteiger partial charge is 0.491 e. The summed E-state index contributed by atoms with van der Waals surface area (Å²) in [5, 5.41) is 25.5. The number of aryl methyl sites for hydroxylation is 4. The number of ether oxygens (including phenoxy) is 2. The Balaban J connectivity index is 1.38. The van der Waals surface area contributed by atoms with E-state index in [1.807, 2.05) is 32.3 Å². The topological polar surface area (TPSA) is 79.9 Å². The van der Waals surface area contributed by atoms with E-state index >= 15 is 0 Å². The van der Waals surface area contributed by atoms with Crippen molar-refractivity contribution in [1.82, 2.24) is 30.0 Å². The summed E-state index contributed by atoms with van der Waals surface area (Å²) >= 11 is 3.66. The summed E-state index contributed by atoms with van der Waals surface area (Å²) in [7, 11) is 0. The Morgan fingerprint density at radius 2 is 0.953 bits per heavy atom. The van der Waals surface area contributed by atoms with Crippen LogP contribution in [0.3, 0.4) is 0 Å². The van der Waals surface area contributed by atoms with Crippen molar-refractivity contribution in [2.75, 3.05) is 13.2 Å². The molecule has 0 spiro atoms. The van der Waals surface area contributed by atoms with Crippen LogP contribution in [0.15, 0.2) is 24.3 Å². The highest BCUT2D eigenvalue weighted by Crippen LogP contribution is 2.52. The van der Waals surface area contributed by atoms with Gasteiger partial charge in [0.2, 0.25) is 0 Å². The van der Waals surface area contributed by atoms with Gasteiger partial charge < -0.3 is 9.47 Å². The van der Waals surface area contributed by atoms with Crippen molar-refractivity contribution in [3.8, 4) is 21.9 Å². The van der Waals surface area contributed by atoms with Crippen molar-refractivity contribution in [2.24, 2.45) is 11.8 Å². The molecule has 348 valence electrons. The average molecular weight is 907 g/mol. The van der Waals surface area contributed by atoms with Gasteiger partial charge in [-0.2, -0.15) is 30.0 Å². The van der Waals surface area contributed by atoms with Crippen LogP contribution in [0.2, 0.25) is 0 Å². The maximum absolute atomic E-state index is 7.08. The van der Waals surface area contributed by atoms with Crippen LogP contribution in [0, 0.1) is 25.7 Å². The van der Waals surface area contributed by atoms with E-state index in [0.717, 1.165) is 122 Å². The number of rotatable bonds is 29. The van der Waals surface area contributed by atoms with Gasteiger partial charge in [0.15, 0.2) is 0 Å². The van der Waals surface area contributed by atoms with Crippen LogP contribution in [0.1, 0.15) is 180 Å². The maximum atomic E-state index is 7.08. The van der Waals surface area contributed by atoms with Gasteiger partial charge >= 0.3 is 0 Å². The molecule has 7 rings (SSSR count). The maximum Gasteiger partial charge on any atom is 0.146 e. The fourth-order valence-corrected chi connectivity index (χ4v) is 11.7. The normalized spacial score (nSPS) is 13.1. The van der Waals surface area contributed by atoms with Gasteiger partial charge in [-0.15, -0.1) is 22.7 Å². The number of fused-ring (bicyclic) bond motifs is 7. The molecular formula is C54H78N6O2S2. The molecule has 4 heterocycles. The summed E-state index contributed by atoms with van der Waals surface area (Å²) in [5.41, 5.74) is 6.04. The second kappa shape index (κ2) is 23.6. The molecule has 0 saturated heterocycles. The fraction of sp³-hybridized carbons (Fsp3) is 0.630. The number of hydrogen-bond acceptors (Lipinski definition) is 8. The van der Waals surface area contributed by atoms with Gasteiger partial charge in [-0.05, 0) is 81.2 Å². The summed E-state index contributed by atoms with van der Waals surface area (Å²) in [4.78, 5) is 6.36. The number of unbranched alkanes of at least 4 members (excludes halogenated alkanes) is 12. The zero-order chi connectivity index (χ0) is 45.0. The first kappa shape index (κ1) is 48.2. The molecule has 0 N–H and O–H groups in total. The Bertz CT molecular complexity index is 2490. The summed E-state index contributed by atoms with van der Waals surface area (Å²) in [5.74, 6) is 3.05. The van der Waals surface area contributed by atoms with Crippen LogP contribution < -0.4 is 9.47 Å². The van der Waals surface area contributed by atoms with E-state index in [1.54, 1.807) is 0 Å². The van der Waals surface area contributed by atoms with E-state index in [2.05, 4.69) is 79.7 Å². The van der Waals surface area contributed by atoms with E-state index in [1.165, 1.54) is 118 Å². The highest BCUT2D eigenvalue weighted by atomic mass is 32.1. The van der Waals surface area contributed by atoms with Gasteiger partial charge in [-0.1, -0.05) is 144 Å². The Kier molecular flexibility index (Phi) is 17.8. The minimum atomic E-state index is 0.520. The molecule has 10 heteroatoms. The SMILES string of the molecule is CCCCCCCCn1nc2c(C)cc3c(cc(-c4cc5c(OCC(CC)CCCC)c6sc(C)cc6c(OCC(CC)CCCC)c5s4)c4nn(CCCCCCCC)nc43)c2n1. The molecule has 0 bridgehead atoms. The molecule has 0 amide bonds. The molecule has 8 nitrogen and oxygen atoms in total. The predicted octanol–water partition coefficient (Wildman–Crippen LogP) is 17.0. The van der Waals surface area contributed by atoms with Gasteiger partial charge in [0, 0.05) is 36.9 Å². The molecule has 0 saturated carbocycles. The molecule has 0 aliphatic heterocycles. The molecule has 4 aromatic heterocycles. The van der Waals surface area contributed by atoms with Crippen molar-refractivity contribution in [3.05, 3.63) is 34.7 Å². The van der Waals surface area contributed by atoms with Gasteiger partial charge in [0.25, 0.3) is 0 Å². The van der Waals surface area contributed by atoms with Crippen LogP contribution in [0.4, 0.5) is 0 Å². The van der Waals surface area contributed by atoms with Gasteiger partial charge in [-0.25, -0.2) is 0 Å². The molecule has 0 fully saturated rings. The van der Waals surface area contributed by atoms with Crippen LogP contribution in [-0.2, 0) is 13.1 Å². The Labute approximate surface area is 391 Å². The highest BCUT2D eigenvalue weighted by Gasteiger charge is 2.26. The third-order valence-electron chi connectivity index (χ3n) is 13.6. The number of aromatic nitrogens is 6. The first-order chi connectivity index (χ1) is 31.3. The number of nitrogens with zero attached hydrogens (tertiary/aromatic N) is 6. The molecule has 0 aliphatic rings. The second-order valence-corrected chi connectivity index (χ2v) is 21.1. The van der Waals surface area contributed by atoms with Crippen molar-refractivity contribution in [3.63, 3.8) is 0 Å². The highest BCUT2D eigenvalue weighted by molar-refractivity contribution is 7.23. The monoisotopic (exact) mass is 907 g/mol. The quantitative estimate of drug-likeness (QED) is 0.0436. The van der Waals surface area contributed by atoms with Crippen molar-refractivity contribution >= 4 is 75.7 Å². The summed E-state index contributed by atoms with van der Waals surface area (Å²) in [6.45, 7) is 21.2. The Morgan fingerprint density at radius 3 is 1.52 bits per heavy atom. The molecule has 2 unspecified atom stereocenters. The minimum Gasteiger partial charge on any atom is -0.491 e. The van der Waals surface area contributed by atoms with Crippen molar-refractivity contribution in [2.45, 2.75) is 197 Å². The van der Waals surface area contributed by atoms with Crippen LogP contribution >= 0.6 is 22.7 Å². The molecule has 3 aromatic carbocycles. The lowest BCUT2D eigenvalue weighted by Gasteiger charge is -2.19. The first-order valence-electron chi connectivity index (χ1n) is 25.6. The zero-order valence-corrected chi connectivity index (χ0v) is 42.4. The number of thiophene rings is 2. The summed E-state index contributed by atoms with van der Waals surface area (Å²) in [6, 6.07) is 9.34. The summed E-state index contributed by atoms with van der Waals surface area (Å²) in [6.07, 6.45) is 24.3. The Hall–Kier alpha value is -3.76. The van der Waals surface area contributed by atoms with Crippen LogP contribution in [-0.4, -0.2) is 43.2 Å². The fourth-order valence-electron chi connectivity index (χ4n) is 9.45. The lowest BCUT2D eigenvalue weighted by Crippen LogP contribution is -2.12. The van der Waals surface area contributed by atoms with E-state index < -0.39 is 0 Å². The van der Waals surface area contributed by atoms with E-state index in [-0.39, 0.29) is 0 Å². The van der Waals surface area contributed by atoms with Gasteiger partial charge in [0.05, 0.1) is 35.7 Å². The van der Waals surface area contributed by atoms with Crippen LogP contribution in [0.5, 0.6) is 11.5 Å². The third-order valence-corrected chi connectivity index (χ3v) is 15.8. The molecule has 64 heavy (non-hydrogen) atoms. The van der Waals surface area contributed by atoms with E-state index in [4.69, 9.17) is 29.9 Å². The molecule has 0 aliphatic carbocycles. The molecule has 0 radical (unpaired) electrons. The lowest BCUT2D eigenvalue weighted by molar-refractivity contribution is 0.235. The Morgan fingerprint density at radius 1 is 0.484 bits per heavy atom. The zero-order valence-electron chi connectivity index (χ0n) is 40.8. The first-order valence-corrected chi connectivity index (χ1v) is 27.3. The molecule has 2 atom stereocenters. The van der Waals surface area contributed by atoms with Gasteiger partial charge in [0.1, 0.15) is 33.6 Å². The predicted molar refractivity (Wildman–Crippen MR) is 276 cm³/mol. The second-order valence-electron chi connectivity index (χ2n) is 18.8. The number of benzene rings is 3. The van der Waals surface area contributed by atoms with Crippen LogP contribution in [0.25, 0.3) is 63.5 Å². The number of hydrogen-bond donors (Lipinski definition) is 0. The van der Waals surface area contributed by atoms with Crippen molar-refractivity contribution in [1.29, 1.82) is 0 Å². The standard InChI is InChI=1S/C54H78N6O2S2/c1-9-15-19-21-23-25-29-59-55-47-37(7)31-41-42(48(47)56-59)33-43(50-49(41)57-60(58-50)30-26-24-22-20-16-10-2)46-34-45-52(62-36-40(14-6)28-18-12-4)53-44(32-38(8)63-53)51(54(45)64-46)61-35-39(13-5)27-17-11-3/h31-34,39-40H,9-30,35-36H2,1-8H3. The summed E-state index contributed by atoms with van der Waals surface area (Å²) < 4.78 is 16.5. The van der Waals surface area contributed by atoms with E-state index in [9.17, 15) is 0 Å². The van der Waals surface area contributed by atoms with E-state index in [0.29, 0.717) is 11.8 Å².